The van der Waals surface area contributed by atoms with Gasteiger partial charge in [-0.1, -0.05) is 0 Å². The lowest BCUT2D eigenvalue weighted by molar-refractivity contribution is -0.124. The molecule has 0 unspecified atom stereocenters. The van der Waals surface area contributed by atoms with Crippen molar-refractivity contribution in [1.29, 1.82) is 0 Å². The van der Waals surface area contributed by atoms with E-state index in [9.17, 15) is 13.2 Å². The minimum Gasteiger partial charge on any atom is -0.350 e. The molecule has 1 aromatic heterocycles. The quantitative estimate of drug-likeness (QED) is 0.872. The summed E-state index contributed by atoms with van der Waals surface area (Å²) in [7, 11) is -2.97. The first-order valence-electron chi connectivity index (χ1n) is 5.58. The van der Waals surface area contributed by atoms with Crippen molar-refractivity contribution in [3.8, 4) is 0 Å². The van der Waals surface area contributed by atoms with Crippen molar-refractivity contribution in [3.05, 3.63) is 16.9 Å². The second-order valence-electron chi connectivity index (χ2n) is 4.42. The standard InChI is InChI=1S/C10H14BrN3O3S/c1-7(14-5-8(11)4-12-14)10(15)13-9-2-3-18(16,17)6-9/h4-5,7,9H,2-3,6H2,1H3,(H,13,15)/t7-,9+/m0/s1. The topological polar surface area (TPSA) is 81.1 Å². The highest BCUT2D eigenvalue weighted by molar-refractivity contribution is 9.10. The maximum absolute atomic E-state index is 11.9. The lowest BCUT2D eigenvalue weighted by Gasteiger charge is -2.16. The van der Waals surface area contributed by atoms with E-state index in [-0.39, 0.29) is 23.5 Å². The predicted octanol–water partition coefficient (Wildman–Crippen LogP) is 0.510. The van der Waals surface area contributed by atoms with E-state index in [1.165, 1.54) is 4.68 Å². The van der Waals surface area contributed by atoms with Crippen molar-refractivity contribution < 1.29 is 13.2 Å². The van der Waals surface area contributed by atoms with Crippen LogP contribution in [0.3, 0.4) is 0 Å². The van der Waals surface area contributed by atoms with Gasteiger partial charge in [0.1, 0.15) is 6.04 Å². The summed E-state index contributed by atoms with van der Waals surface area (Å²) in [6.07, 6.45) is 3.79. The van der Waals surface area contributed by atoms with Gasteiger partial charge in [0, 0.05) is 12.2 Å². The Hall–Kier alpha value is -0.890. The van der Waals surface area contributed by atoms with Crippen molar-refractivity contribution in [2.24, 2.45) is 0 Å². The summed E-state index contributed by atoms with van der Waals surface area (Å²) >= 11 is 3.26. The van der Waals surface area contributed by atoms with Gasteiger partial charge in [0.25, 0.3) is 0 Å². The maximum Gasteiger partial charge on any atom is 0.244 e. The SMILES string of the molecule is C[C@@H](C(=O)N[C@@H]1CCS(=O)(=O)C1)n1cc(Br)cn1. The normalized spacial score (nSPS) is 23.8. The van der Waals surface area contributed by atoms with Crippen LogP contribution in [0.5, 0.6) is 0 Å². The van der Waals surface area contributed by atoms with Crippen LogP contribution in [0, 0.1) is 0 Å². The third-order valence-corrected chi connectivity index (χ3v) is 5.10. The molecule has 1 amide bonds. The molecule has 1 N–H and O–H groups in total. The lowest BCUT2D eigenvalue weighted by atomic mass is 10.2. The van der Waals surface area contributed by atoms with Crippen molar-refractivity contribution in [3.63, 3.8) is 0 Å². The molecule has 0 saturated carbocycles. The Kier molecular flexibility index (Phi) is 3.76. The lowest BCUT2D eigenvalue weighted by Crippen LogP contribution is -2.39. The number of sulfone groups is 1. The Labute approximate surface area is 114 Å². The third kappa shape index (κ3) is 3.11. The van der Waals surface area contributed by atoms with E-state index in [4.69, 9.17) is 0 Å². The molecule has 0 bridgehead atoms. The molecule has 1 saturated heterocycles. The summed E-state index contributed by atoms with van der Waals surface area (Å²) < 4.78 is 24.9. The molecule has 0 radical (unpaired) electrons. The first-order valence-corrected chi connectivity index (χ1v) is 8.19. The van der Waals surface area contributed by atoms with Crippen molar-refractivity contribution in [2.45, 2.75) is 25.4 Å². The summed E-state index contributed by atoms with van der Waals surface area (Å²) in [6, 6.07) is -0.733. The minimum absolute atomic E-state index is 0.0360. The number of amides is 1. The molecule has 0 aromatic carbocycles. The number of carbonyl (C=O) groups is 1. The number of hydrogen-bond donors (Lipinski definition) is 1. The van der Waals surface area contributed by atoms with Crippen LogP contribution >= 0.6 is 15.9 Å². The summed E-state index contributed by atoms with van der Waals surface area (Å²) in [4.78, 5) is 11.9. The van der Waals surface area contributed by atoms with Crippen molar-refractivity contribution in [1.82, 2.24) is 15.1 Å². The van der Waals surface area contributed by atoms with E-state index in [2.05, 4.69) is 26.3 Å². The molecule has 6 nitrogen and oxygen atoms in total. The van der Waals surface area contributed by atoms with Crippen molar-refractivity contribution in [2.75, 3.05) is 11.5 Å². The Morgan fingerprint density at radius 3 is 2.89 bits per heavy atom. The molecule has 2 rings (SSSR count). The number of aromatic nitrogens is 2. The highest BCUT2D eigenvalue weighted by Gasteiger charge is 2.30. The fourth-order valence-electron chi connectivity index (χ4n) is 1.88. The van der Waals surface area contributed by atoms with Gasteiger partial charge in [0.2, 0.25) is 5.91 Å². The molecule has 2 heterocycles. The molecule has 0 spiro atoms. The molecule has 0 aliphatic carbocycles. The first-order chi connectivity index (χ1) is 8.37. The van der Waals surface area contributed by atoms with Crippen LogP contribution in [0.15, 0.2) is 16.9 Å². The molecule has 1 aliphatic rings. The van der Waals surface area contributed by atoms with E-state index < -0.39 is 15.9 Å². The summed E-state index contributed by atoms with van der Waals surface area (Å²) in [5.74, 6) is -0.0267. The van der Waals surface area contributed by atoms with Gasteiger partial charge in [-0.15, -0.1) is 0 Å². The zero-order valence-electron chi connectivity index (χ0n) is 9.84. The highest BCUT2D eigenvalue weighted by Crippen LogP contribution is 2.14. The van der Waals surface area contributed by atoms with Gasteiger partial charge >= 0.3 is 0 Å². The molecule has 1 aromatic rings. The first kappa shape index (κ1) is 13.5. The fraction of sp³-hybridized carbons (Fsp3) is 0.600. The van der Waals surface area contributed by atoms with Crippen LogP contribution in [0.1, 0.15) is 19.4 Å². The Morgan fingerprint density at radius 2 is 2.39 bits per heavy atom. The van der Waals surface area contributed by atoms with Gasteiger partial charge in [0.15, 0.2) is 9.84 Å². The zero-order chi connectivity index (χ0) is 13.3. The van der Waals surface area contributed by atoms with Crippen LogP contribution in [-0.2, 0) is 14.6 Å². The number of hydrogen-bond acceptors (Lipinski definition) is 4. The fourth-order valence-corrected chi connectivity index (χ4v) is 3.85. The predicted molar refractivity (Wildman–Crippen MR) is 69.8 cm³/mol. The average Bonchev–Trinajstić information content (AvgIpc) is 2.84. The van der Waals surface area contributed by atoms with Crippen LogP contribution in [0.4, 0.5) is 0 Å². The smallest absolute Gasteiger partial charge is 0.244 e. The van der Waals surface area contributed by atoms with Gasteiger partial charge in [-0.25, -0.2) is 8.42 Å². The number of carbonyl (C=O) groups excluding carboxylic acids is 1. The molecule has 18 heavy (non-hydrogen) atoms. The van der Waals surface area contributed by atoms with Gasteiger partial charge in [-0.2, -0.15) is 5.10 Å². The monoisotopic (exact) mass is 335 g/mol. The third-order valence-electron chi connectivity index (χ3n) is 2.93. The summed E-state index contributed by atoms with van der Waals surface area (Å²) in [6.45, 7) is 1.72. The maximum atomic E-state index is 11.9. The molecule has 1 aliphatic heterocycles. The van der Waals surface area contributed by atoms with Gasteiger partial charge in [-0.05, 0) is 29.3 Å². The van der Waals surface area contributed by atoms with E-state index in [1.807, 2.05) is 0 Å². The van der Waals surface area contributed by atoms with Crippen molar-refractivity contribution >= 4 is 31.7 Å². The van der Waals surface area contributed by atoms with Crippen LogP contribution in [0.25, 0.3) is 0 Å². The number of nitrogens with zero attached hydrogens (tertiary/aromatic N) is 2. The molecule has 100 valence electrons. The zero-order valence-corrected chi connectivity index (χ0v) is 12.2. The molecular weight excluding hydrogens is 322 g/mol. The van der Waals surface area contributed by atoms with E-state index in [0.29, 0.717) is 6.42 Å². The van der Waals surface area contributed by atoms with Crippen LogP contribution in [-0.4, -0.2) is 41.7 Å². The summed E-state index contributed by atoms with van der Waals surface area (Å²) in [5.41, 5.74) is 0. The Morgan fingerprint density at radius 1 is 1.67 bits per heavy atom. The number of halogens is 1. The van der Waals surface area contributed by atoms with E-state index >= 15 is 0 Å². The molecular formula is C10H14BrN3O3S. The molecule has 8 heteroatoms. The van der Waals surface area contributed by atoms with E-state index in [1.54, 1.807) is 19.3 Å². The average molecular weight is 336 g/mol. The summed E-state index contributed by atoms with van der Waals surface area (Å²) in [5, 5.41) is 6.78. The Balaban J connectivity index is 1.96. The van der Waals surface area contributed by atoms with Crippen LogP contribution < -0.4 is 5.32 Å². The molecule has 2 atom stereocenters. The van der Waals surface area contributed by atoms with E-state index in [0.717, 1.165) is 4.47 Å². The van der Waals surface area contributed by atoms with Gasteiger partial charge < -0.3 is 5.32 Å². The van der Waals surface area contributed by atoms with Crippen LogP contribution in [0.2, 0.25) is 0 Å². The second kappa shape index (κ2) is 5.00. The number of rotatable bonds is 3. The highest BCUT2D eigenvalue weighted by atomic mass is 79.9. The van der Waals surface area contributed by atoms with Gasteiger partial charge in [-0.3, -0.25) is 9.48 Å². The number of nitrogens with one attached hydrogen (secondary N) is 1. The van der Waals surface area contributed by atoms with Gasteiger partial charge in [0.05, 0.1) is 22.2 Å². The molecule has 1 fully saturated rings. The second-order valence-corrected chi connectivity index (χ2v) is 7.57. The largest absolute Gasteiger partial charge is 0.350 e. The Bertz CT molecular complexity index is 554. The minimum atomic E-state index is -2.97.